The van der Waals surface area contributed by atoms with Crippen LogP contribution in [0, 0.1) is 5.92 Å². The van der Waals surface area contributed by atoms with Gasteiger partial charge in [-0.1, -0.05) is 104 Å². The van der Waals surface area contributed by atoms with Crippen LogP contribution in [0.2, 0.25) is 0 Å². The van der Waals surface area contributed by atoms with Gasteiger partial charge in [0.15, 0.2) is 0 Å². The predicted octanol–water partition coefficient (Wildman–Crippen LogP) is 8.81. The Labute approximate surface area is 211 Å². The molecule has 3 unspecified atom stereocenters. The minimum atomic E-state index is 0.222. The second kappa shape index (κ2) is 41.1. The van der Waals surface area contributed by atoms with Gasteiger partial charge in [0.1, 0.15) is 0 Å². The smallest absolute Gasteiger partial charge is 0.0471 e. The second-order valence-corrected chi connectivity index (χ2v) is 6.71. The lowest BCUT2D eigenvalue weighted by Crippen LogP contribution is -2.43. The van der Waals surface area contributed by atoms with E-state index in [-0.39, 0.29) is 12.5 Å². The van der Waals surface area contributed by atoms with Crippen LogP contribution in [0.4, 0.5) is 0 Å². The third kappa shape index (κ3) is 30.8. The molecule has 0 fully saturated rings. The Morgan fingerprint density at radius 2 is 1.36 bits per heavy atom. The van der Waals surface area contributed by atoms with E-state index in [1.54, 1.807) is 0 Å². The van der Waals surface area contributed by atoms with Crippen LogP contribution in [-0.2, 0) is 0 Å². The normalized spacial score (nSPS) is 12.8. The van der Waals surface area contributed by atoms with Crippen LogP contribution in [0.15, 0.2) is 48.1 Å². The third-order valence-electron chi connectivity index (χ3n) is 4.51. The molecule has 0 bridgehead atoms. The number of nitrogens with zero attached hydrogens (tertiary/aromatic N) is 1. The fraction of sp³-hybridized carbons (Fsp3) is 0.733. The molecule has 0 aliphatic carbocycles. The first-order chi connectivity index (χ1) is 15.9. The van der Waals surface area contributed by atoms with Gasteiger partial charge in [-0.25, -0.2) is 0 Å². The van der Waals surface area contributed by atoms with Crippen molar-refractivity contribution < 1.29 is 5.11 Å². The number of allylic oxidation sites excluding steroid dienone is 5. The molecule has 0 aromatic rings. The first-order valence-electron chi connectivity index (χ1n) is 13.3. The van der Waals surface area contributed by atoms with Gasteiger partial charge in [0.2, 0.25) is 0 Å². The minimum Gasteiger partial charge on any atom is -0.396 e. The number of hydrogen-bond acceptors (Lipinski definition) is 3. The molecule has 3 nitrogen and oxygen atoms in total. The quantitative estimate of drug-likeness (QED) is 0.234. The number of nitrogens with two attached hydrogens (primary N) is 1. The van der Waals surface area contributed by atoms with Gasteiger partial charge >= 0.3 is 0 Å². The number of aliphatic hydroxyl groups excluding tert-OH is 1. The van der Waals surface area contributed by atoms with E-state index >= 15 is 0 Å². The highest BCUT2D eigenvalue weighted by Gasteiger charge is 2.25. The van der Waals surface area contributed by atoms with E-state index in [2.05, 4.69) is 76.3 Å². The zero-order valence-corrected chi connectivity index (χ0v) is 25.6. The summed E-state index contributed by atoms with van der Waals surface area (Å²) in [7, 11) is 3.67. The average molecular weight is 471 g/mol. The molecule has 0 radical (unpaired) electrons. The van der Waals surface area contributed by atoms with Crippen LogP contribution in [0.25, 0.3) is 0 Å². The Morgan fingerprint density at radius 3 is 1.70 bits per heavy atom. The lowest BCUT2D eigenvalue weighted by atomic mass is 9.91. The summed E-state index contributed by atoms with van der Waals surface area (Å²) in [6.45, 7) is 30.9. The maximum atomic E-state index is 9.66. The Morgan fingerprint density at radius 1 is 0.909 bits per heavy atom. The summed E-state index contributed by atoms with van der Waals surface area (Å²) < 4.78 is 0. The maximum Gasteiger partial charge on any atom is 0.0471 e. The van der Waals surface area contributed by atoms with E-state index in [0.29, 0.717) is 12.1 Å². The van der Waals surface area contributed by atoms with E-state index in [9.17, 15) is 5.11 Å². The van der Waals surface area contributed by atoms with Crippen LogP contribution in [0.3, 0.4) is 0 Å². The van der Waals surface area contributed by atoms with Gasteiger partial charge < -0.3 is 10.8 Å². The minimum absolute atomic E-state index is 0.222. The van der Waals surface area contributed by atoms with Crippen LogP contribution < -0.4 is 5.73 Å². The SMILES string of the molecule is C=C(C)CC(C)N(C)C(C/C(=C/C)CC=C/C=C\C)C(C)CO.CC.CC.CC.CC.CN. The van der Waals surface area contributed by atoms with Crippen molar-refractivity contribution in [1.29, 1.82) is 0 Å². The van der Waals surface area contributed by atoms with Crippen molar-refractivity contribution in [3.05, 3.63) is 48.1 Å². The summed E-state index contributed by atoms with van der Waals surface area (Å²) in [5, 5.41) is 9.66. The molecule has 0 amide bonds. The second-order valence-electron chi connectivity index (χ2n) is 6.71. The van der Waals surface area contributed by atoms with Gasteiger partial charge in [0.05, 0.1) is 0 Å². The summed E-state index contributed by atoms with van der Waals surface area (Å²) in [6.07, 6.45) is 13.6. The molecule has 0 heterocycles. The van der Waals surface area contributed by atoms with Crippen molar-refractivity contribution in [2.45, 2.75) is 121 Å². The highest BCUT2D eigenvalue weighted by Crippen LogP contribution is 2.24. The van der Waals surface area contributed by atoms with Crippen LogP contribution in [0.5, 0.6) is 0 Å². The Hall–Kier alpha value is -1.16. The first-order valence-corrected chi connectivity index (χ1v) is 13.3. The molecular formula is C30H66N2O. The molecule has 3 atom stereocenters. The number of aliphatic hydroxyl groups is 1. The third-order valence-corrected chi connectivity index (χ3v) is 4.51. The summed E-state index contributed by atoms with van der Waals surface area (Å²) in [4.78, 5) is 2.41. The fourth-order valence-corrected chi connectivity index (χ4v) is 2.84. The molecule has 33 heavy (non-hydrogen) atoms. The van der Waals surface area contributed by atoms with Gasteiger partial charge in [-0.15, -0.1) is 6.58 Å². The van der Waals surface area contributed by atoms with Crippen LogP contribution >= 0.6 is 0 Å². The van der Waals surface area contributed by atoms with Gasteiger partial charge in [-0.2, -0.15) is 0 Å². The molecule has 202 valence electrons. The number of hydrogen-bond donors (Lipinski definition) is 2. The van der Waals surface area contributed by atoms with Crippen molar-refractivity contribution in [3.8, 4) is 0 Å². The van der Waals surface area contributed by atoms with Crippen molar-refractivity contribution in [3.63, 3.8) is 0 Å². The highest BCUT2D eigenvalue weighted by molar-refractivity contribution is 5.12. The van der Waals surface area contributed by atoms with Crippen LogP contribution in [0.1, 0.15) is 109 Å². The maximum absolute atomic E-state index is 9.66. The Bertz CT molecular complexity index is 425. The largest absolute Gasteiger partial charge is 0.396 e. The molecule has 0 aromatic carbocycles. The Kier molecular flexibility index (Phi) is 56.5. The van der Waals surface area contributed by atoms with Crippen LogP contribution in [-0.4, -0.2) is 42.8 Å². The zero-order chi connectivity index (χ0) is 27.8. The summed E-state index contributed by atoms with van der Waals surface area (Å²) in [5.74, 6) is 0.252. The topological polar surface area (TPSA) is 49.5 Å². The fourth-order valence-electron chi connectivity index (χ4n) is 2.84. The van der Waals surface area contributed by atoms with Crippen molar-refractivity contribution in [2.24, 2.45) is 11.7 Å². The monoisotopic (exact) mass is 471 g/mol. The molecule has 3 N–H and O–H groups in total. The predicted molar refractivity (Wildman–Crippen MR) is 159 cm³/mol. The lowest BCUT2D eigenvalue weighted by molar-refractivity contribution is 0.0979. The zero-order valence-electron chi connectivity index (χ0n) is 25.6. The standard InChI is InChI=1S/C21H37NO.4C2H6.CH5N/c1-8-10-11-12-13-20(9-2)15-21(18(5)16-23)22(7)19(6)14-17(3)4;5*1-2/h8-12,18-19,21,23H,3,13-16H2,1-2,4-7H3;4*1-2H3;2H2,1H3/b10-8-,12-11?,20-9+;;;;;. The molecule has 0 saturated carbocycles. The summed E-state index contributed by atoms with van der Waals surface area (Å²) in [6, 6.07) is 0.777. The molecule has 3 heteroatoms. The summed E-state index contributed by atoms with van der Waals surface area (Å²) >= 11 is 0. The summed E-state index contributed by atoms with van der Waals surface area (Å²) in [5.41, 5.74) is 7.13. The molecule has 0 aliphatic heterocycles. The molecule has 0 aliphatic rings. The van der Waals surface area contributed by atoms with Crippen molar-refractivity contribution >= 4 is 0 Å². The van der Waals surface area contributed by atoms with Gasteiger partial charge in [-0.05, 0) is 67.0 Å². The lowest BCUT2D eigenvalue weighted by Gasteiger charge is -2.37. The van der Waals surface area contributed by atoms with E-state index < -0.39 is 0 Å². The van der Waals surface area contributed by atoms with Gasteiger partial charge in [0.25, 0.3) is 0 Å². The van der Waals surface area contributed by atoms with Crippen molar-refractivity contribution in [1.82, 2.24) is 4.90 Å². The van der Waals surface area contributed by atoms with Gasteiger partial charge in [-0.3, -0.25) is 4.90 Å². The molecule has 0 saturated heterocycles. The molecule has 0 spiro atoms. The van der Waals surface area contributed by atoms with E-state index in [4.69, 9.17) is 0 Å². The Balaban J connectivity index is -0.000000159. The molecular weight excluding hydrogens is 404 g/mol. The number of rotatable bonds is 11. The molecule has 0 rings (SSSR count). The average Bonchev–Trinajstić information content (AvgIpc) is 2.88. The van der Waals surface area contributed by atoms with Gasteiger partial charge in [0, 0.05) is 18.7 Å². The molecule has 0 aromatic heterocycles. The highest BCUT2D eigenvalue weighted by atomic mass is 16.3. The first kappa shape index (κ1) is 45.4. The van der Waals surface area contributed by atoms with Crippen molar-refractivity contribution in [2.75, 3.05) is 20.7 Å². The van der Waals surface area contributed by atoms with E-state index in [1.165, 1.54) is 18.2 Å². The van der Waals surface area contributed by atoms with E-state index in [1.807, 2.05) is 68.4 Å². The van der Waals surface area contributed by atoms with E-state index in [0.717, 1.165) is 19.3 Å².